The highest BCUT2D eigenvalue weighted by molar-refractivity contribution is 9.10. The van der Waals surface area contributed by atoms with E-state index in [2.05, 4.69) is 26.5 Å². The Morgan fingerprint density at radius 2 is 2.05 bits per heavy atom. The number of carbonyl (C=O) groups is 1. The summed E-state index contributed by atoms with van der Waals surface area (Å²) in [6.45, 7) is 1.99. The van der Waals surface area contributed by atoms with Crippen molar-refractivity contribution in [1.29, 1.82) is 0 Å². The monoisotopic (exact) mass is 346 g/mol. The van der Waals surface area contributed by atoms with Gasteiger partial charge in [-0.2, -0.15) is 5.10 Å². The van der Waals surface area contributed by atoms with E-state index in [1.165, 1.54) is 0 Å². The van der Waals surface area contributed by atoms with Crippen LogP contribution in [0.4, 0.5) is 0 Å². The highest BCUT2D eigenvalue weighted by atomic mass is 79.9. The van der Waals surface area contributed by atoms with E-state index in [0.717, 1.165) is 15.6 Å². The molecule has 2 aromatic carbocycles. The molecule has 1 amide bonds. The molecule has 0 aromatic heterocycles. The van der Waals surface area contributed by atoms with Crippen molar-refractivity contribution >= 4 is 28.1 Å². The number of hydrogen-bond donors (Lipinski definition) is 1. The molecule has 0 saturated heterocycles. The first kappa shape index (κ1) is 15.3. The molecule has 5 heteroatoms. The standard InChI is InChI=1S/C16H15BrN2O2/c1-11-5-3-4-6-13(11)10-18-19-16(20)12-7-8-15(21-2)14(17)9-12/h3-10H,1-2H3,(H,19,20)/b18-10+. The van der Waals surface area contributed by atoms with Crippen molar-refractivity contribution in [3.8, 4) is 5.75 Å². The number of carbonyl (C=O) groups excluding carboxylic acids is 1. The number of hydrazone groups is 1. The van der Waals surface area contributed by atoms with Gasteiger partial charge in [-0.25, -0.2) is 5.43 Å². The van der Waals surface area contributed by atoms with E-state index in [-0.39, 0.29) is 5.91 Å². The molecule has 4 nitrogen and oxygen atoms in total. The van der Waals surface area contributed by atoms with Crippen molar-refractivity contribution in [2.45, 2.75) is 6.92 Å². The Hall–Kier alpha value is -2.14. The maximum atomic E-state index is 12.0. The molecule has 0 aliphatic heterocycles. The van der Waals surface area contributed by atoms with E-state index in [0.29, 0.717) is 11.3 Å². The fraction of sp³-hybridized carbons (Fsp3) is 0.125. The molecule has 0 aliphatic rings. The van der Waals surface area contributed by atoms with E-state index in [9.17, 15) is 4.79 Å². The SMILES string of the molecule is COc1ccc(C(=O)N/N=C/c2ccccc2C)cc1Br. The first-order chi connectivity index (χ1) is 10.1. The second-order valence-electron chi connectivity index (χ2n) is 4.41. The van der Waals surface area contributed by atoms with Crippen LogP contribution in [0, 0.1) is 6.92 Å². The van der Waals surface area contributed by atoms with E-state index >= 15 is 0 Å². The second-order valence-corrected chi connectivity index (χ2v) is 5.26. The van der Waals surface area contributed by atoms with Gasteiger partial charge in [0.25, 0.3) is 5.91 Å². The lowest BCUT2D eigenvalue weighted by Gasteiger charge is -2.05. The molecule has 108 valence electrons. The van der Waals surface area contributed by atoms with E-state index < -0.39 is 0 Å². The van der Waals surface area contributed by atoms with Crippen LogP contribution in [-0.2, 0) is 0 Å². The maximum Gasteiger partial charge on any atom is 0.271 e. The Morgan fingerprint density at radius 3 is 2.71 bits per heavy atom. The van der Waals surface area contributed by atoms with Gasteiger partial charge >= 0.3 is 0 Å². The minimum absolute atomic E-state index is 0.275. The topological polar surface area (TPSA) is 50.7 Å². The normalized spacial score (nSPS) is 10.6. The van der Waals surface area contributed by atoms with Gasteiger partial charge in [-0.15, -0.1) is 0 Å². The summed E-state index contributed by atoms with van der Waals surface area (Å²) >= 11 is 3.35. The third-order valence-corrected chi connectivity index (χ3v) is 3.59. The summed E-state index contributed by atoms with van der Waals surface area (Å²) in [6, 6.07) is 12.9. The highest BCUT2D eigenvalue weighted by Gasteiger charge is 2.07. The molecule has 2 aromatic rings. The van der Waals surface area contributed by atoms with Gasteiger partial charge in [-0.1, -0.05) is 24.3 Å². The Labute approximate surface area is 132 Å². The smallest absolute Gasteiger partial charge is 0.271 e. The highest BCUT2D eigenvalue weighted by Crippen LogP contribution is 2.25. The molecule has 0 radical (unpaired) electrons. The maximum absolute atomic E-state index is 12.0. The molecule has 2 rings (SSSR count). The third-order valence-electron chi connectivity index (χ3n) is 2.97. The van der Waals surface area contributed by atoms with Gasteiger partial charge in [0.2, 0.25) is 0 Å². The molecule has 1 N–H and O–H groups in total. The Morgan fingerprint density at radius 1 is 1.29 bits per heavy atom. The van der Waals surface area contributed by atoms with Gasteiger partial charge in [0, 0.05) is 5.56 Å². The molecule has 21 heavy (non-hydrogen) atoms. The summed E-state index contributed by atoms with van der Waals surface area (Å²) in [4.78, 5) is 12.0. The zero-order valence-electron chi connectivity index (χ0n) is 11.8. The van der Waals surface area contributed by atoms with Gasteiger partial charge in [-0.05, 0) is 52.2 Å². The van der Waals surface area contributed by atoms with Gasteiger partial charge in [0.1, 0.15) is 5.75 Å². The largest absolute Gasteiger partial charge is 0.496 e. The van der Waals surface area contributed by atoms with Crippen molar-refractivity contribution in [1.82, 2.24) is 5.43 Å². The number of nitrogens with one attached hydrogen (secondary N) is 1. The molecular formula is C16H15BrN2O2. The number of benzene rings is 2. The van der Waals surface area contributed by atoms with E-state index in [1.54, 1.807) is 31.5 Å². The summed E-state index contributed by atoms with van der Waals surface area (Å²) in [7, 11) is 1.58. The minimum atomic E-state index is -0.275. The van der Waals surface area contributed by atoms with Gasteiger partial charge in [0.05, 0.1) is 17.8 Å². The van der Waals surface area contributed by atoms with Crippen LogP contribution in [0.1, 0.15) is 21.5 Å². The summed E-state index contributed by atoms with van der Waals surface area (Å²) in [5.74, 6) is 0.401. The zero-order valence-corrected chi connectivity index (χ0v) is 13.3. The van der Waals surface area contributed by atoms with Crippen LogP contribution in [0.2, 0.25) is 0 Å². The van der Waals surface area contributed by atoms with E-state index in [4.69, 9.17) is 4.74 Å². The number of nitrogens with zero attached hydrogens (tertiary/aromatic N) is 1. The Balaban J connectivity index is 2.05. The number of aryl methyl sites for hydroxylation is 1. The van der Waals surface area contributed by atoms with Crippen LogP contribution in [0.15, 0.2) is 52.0 Å². The number of ether oxygens (including phenoxy) is 1. The lowest BCUT2D eigenvalue weighted by Crippen LogP contribution is -2.17. The third kappa shape index (κ3) is 3.92. The van der Waals surface area contributed by atoms with Crippen LogP contribution >= 0.6 is 15.9 Å². The summed E-state index contributed by atoms with van der Waals surface area (Å²) in [6.07, 6.45) is 1.63. The van der Waals surface area contributed by atoms with Crippen LogP contribution in [-0.4, -0.2) is 19.2 Å². The predicted molar refractivity (Wildman–Crippen MR) is 86.9 cm³/mol. The number of methoxy groups -OCH3 is 1. The molecular weight excluding hydrogens is 332 g/mol. The zero-order chi connectivity index (χ0) is 15.2. The lowest BCUT2D eigenvalue weighted by molar-refractivity contribution is 0.0955. The molecule has 0 unspecified atom stereocenters. The number of halogens is 1. The van der Waals surface area contributed by atoms with Gasteiger partial charge in [-0.3, -0.25) is 4.79 Å². The molecule has 0 atom stereocenters. The summed E-state index contributed by atoms with van der Waals surface area (Å²) < 4.78 is 5.85. The average Bonchev–Trinajstić information content (AvgIpc) is 2.49. The summed E-state index contributed by atoms with van der Waals surface area (Å²) in [5.41, 5.74) is 5.08. The fourth-order valence-electron chi connectivity index (χ4n) is 1.76. The Bertz CT molecular complexity index is 684. The minimum Gasteiger partial charge on any atom is -0.496 e. The quantitative estimate of drug-likeness (QED) is 0.680. The first-order valence-electron chi connectivity index (χ1n) is 6.34. The lowest BCUT2D eigenvalue weighted by atomic mass is 10.1. The number of rotatable bonds is 4. The number of amides is 1. The predicted octanol–water partition coefficient (Wildman–Crippen LogP) is 3.53. The fourth-order valence-corrected chi connectivity index (χ4v) is 2.30. The molecule has 0 spiro atoms. The average molecular weight is 347 g/mol. The van der Waals surface area contributed by atoms with Crippen molar-refractivity contribution in [3.63, 3.8) is 0 Å². The van der Waals surface area contributed by atoms with Crippen LogP contribution in [0.3, 0.4) is 0 Å². The van der Waals surface area contributed by atoms with Crippen molar-refractivity contribution < 1.29 is 9.53 Å². The van der Waals surface area contributed by atoms with Gasteiger partial charge in [0.15, 0.2) is 0 Å². The van der Waals surface area contributed by atoms with Crippen LogP contribution in [0.25, 0.3) is 0 Å². The molecule has 0 aliphatic carbocycles. The van der Waals surface area contributed by atoms with Gasteiger partial charge < -0.3 is 4.74 Å². The first-order valence-corrected chi connectivity index (χ1v) is 7.13. The van der Waals surface area contributed by atoms with Crippen LogP contribution in [0.5, 0.6) is 5.75 Å². The molecule has 0 fully saturated rings. The molecule has 0 heterocycles. The number of hydrogen-bond acceptors (Lipinski definition) is 3. The van der Waals surface area contributed by atoms with Crippen molar-refractivity contribution in [3.05, 3.63) is 63.6 Å². The summed E-state index contributed by atoms with van der Waals surface area (Å²) in [5, 5.41) is 3.98. The second kappa shape index (κ2) is 7.04. The van der Waals surface area contributed by atoms with Crippen LogP contribution < -0.4 is 10.2 Å². The Kier molecular flexibility index (Phi) is 5.11. The molecule has 0 bridgehead atoms. The van der Waals surface area contributed by atoms with Crippen molar-refractivity contribution in [2.75, 3.05) is 7.11 Å². The van der Waals surface area contributed by atoms with E-state index in [1.807, 2.05) is 31.2 Å². The van der Waals surface area contributed by atoms with Crippen molar-refractivity contribution in [2.24, 2.45) is 5.10 Å². The molecule has 0 saturated carbocycles.